The topological polar surface area (TPSA) is 16.4 Å². The van der Waals surface area contributed by atoms with Crippen molar-refractivity contribution in [2.75, 3.05) is 4.90 Å². The summed E-state index contributed by atoms with van der Waals surface area (Å²) in [6.07, 6.45) is 0. The van der Waals surface area contributed by atoms with Crippen molar-refractivity contribution in [2.45, 2.75) is 5.41 Å². The van der Waals surface area contributed by atoms with E-state index >= 15 is 0 Å². The van der Waals surface area contributed by atoms with Gasteiger partial charge in [0.15, 0.2) is 8.07 Å². The van der Waals surface area contributed by atoms with Gasteiger partial charge in [0.2, 0.25) is 0 Å². The average Bonchev–Trinajstić information content (AvgIpc) is 4.07. The number of anilines is 3. The first kappa shape index (κ1) is 40.3. The Morgan fingerprint density at radius 2 is 0.871 bits per heavy atom. The molecule has 0 amide bonds. The number of nitrogens with zero attached hydrogens (tertiary/aromatic N) is 1. The molecule has 2 heterocycles. The van der Waals surface area contributed by atoms with Gasteiger partial charge in [0.25, 0.3) is 0 Å². The van der Waals surface area contributed by atoms with Crippen LogP contribution in [0.3, 0.4) is 0 Å². The molecule has 1 unspecified atom stereocenters. The van der Waals surface area contributed by atoms with E-state index in [-0.39, 0.29) is 0 Å². The van der Waals surface area contributed by atoms with Gasteiger partial charge in [0.1, 0.15) is 11.2 Å². The molecule has 1 aliphatic heterocycles. The normalized spacial score (nSPS) is 15.0. The minimum absolute atomic E-state index is 0.557. The molecule has 2 aliphatic rings. The van der Waals surface area contributed by atoms with E-state index in [1.54, 1.807) is 0 Å². The molecular formula is C67H45NOSi. The maximum Gasteiger partial charge on any atom is 0.180 e. The lowest BCUT2D eigenvalue weighted by atomic mass is 9.67. The van der Waals surface area contributed by atoms with Crippen molar-refractivity contribution in [3.8, 4) is 33.4 Å². The average molecular weight is 908 g/mol. The molecular weight excluding hydrogens is 863 g/mol. The Hall–Kier alpha value is -8.76. The first-order valence-corrected chi connectivity index (χ1v) is 26.2. The Morgan fingerprint density at radius 1 is 0.329 bits per heavy atom. The van der Waals surface area contributed by atoms with E-state index in [9.17, 15) is 0 Å². The standard InChI is InChI=1S/C67H45NOSi/c1-5-21-46(22-6-1)54-34-20-38-65-66(54)59-33-15-18-37-64(59)70(65,52-28-11-4-12-29-52)53-30-19-27-49(43-53)68(51-40-42-58-57-32-14-17-36-62(57)69-63(58)45-51)50-39-41-56-55-31-13-16-35-60(55)67(61(56)44-50,47-23-7-2-8-24-47)48-25-9-3-10-26-48/h1-45H. The van der Waals surface area contributed by atoms with Crippen molar-refractivity contribution in [2.24, 2.45) is 0 Å². The van der Waals surface area contributed by atoms with Gasteiger partial charge in [0.05, 0.1) is 5.41 Å². The number of furan rings is 1. The Bertz CT molecular complexity index is 3920. The highest BCUT2D eigenvalue weighted by Crippen LogP contribution is 2.57. The van der Waals surface area contributed by atoms with Crippen LogP contribution in [-0.4, -0.2) is 8.07 Å². The summed E-state index contributed by atoms with van der Waals surface area (Å²) in [5, 5.41) is 7.75. The molecule has 1 atom stereocenters. The van der Waals surface area contributed by atoms with Crippen LogP contribution in [0.25, 0.3) is 55.3 Å². The minimum atomic E-state index is -2.95. The molecule has 3 heteroatoms. The molecule has 12 aromatic rings. The summed E-state index contributed by atoms with van der Waals surface area (Å²) in [6.45, 7) is 0. The molecule has 11 aromatic carbocycles. The van der Waals surface area contributed by atoms with Gasteiger partial charge in [-0.15, -0.1) is 0 Å². The van der Waals surface area contributed by atoms with E-state index in [1.165, 1.54) is 76.4 Å². The van der Waals surface area contributed by atoms with Crippen LogP contribution < -0.4 is 25.6 Å². The summed E-state index contributed by atoms with van der Waals surface area (Å²) >= 11 is 0. The van der Waals surface area contributed by atoms with Gasteiger partial charge >= 0.3 is 0 Å². The first-order chi connectivity index (χ1) is 34.7. The summed E-state index contributed by atoms with van der Waals surface area (Å²) in [6, 6.07) is 101. The molecule has 70 heavy (non-hydrogen) atoms. The molecule has 0 radical (unpaired) electrons. The number of rotatable bonds is 8. The highest BCUT2D eigenvalue weighted by atomic mass is 28.3. The van der Waals surface area contributed by atoms with E-state index in [0.29, 0.717) is 0 Å². The van der Waals surface area contributed by atoms with Gasteiger partial charge in [-0.05, 0) is 119 Å². The number of hydrogen-bond donors (Lipinski definition) is 0. The summed E-state index contributed by atoms with van der Waals surface area (Å²) in [5.41, 5.74) is 17.1. The third kappa shape index (κ3) is 5.79. The lowest BCUT2D eigenvalue weighted by molar-refractivity contribution is 0.669. The maximum atomic E-state index is 6.66. The fourth-order valence-corrected chi connectivity index (χ4v) is 17.6. The highest BCUT2D eigenvalue weighted by Gasteiger charge is 2.50. The van der Waals surface area contributed by atoms with Gasteiger partial charge in [0, 0.05) is 33.9 Å². The molecule has 1 aromatic heterocycles. The lowest BCUT2D eigenvalue weighted by Gasteiger charge is -2.35. The summed E-state index contributed by atoms with van der Waals surface area (Å²) in [5.74, 6) is 0. The van der Waals surface area contributed by atoms with Crippen LogP contribution >= 0.6 is 0 Å². The summed E-state index contributed by atoms with van der Waals surface area (Å²) in [7, 11) is -2.95. The van der Waals surface area contributed by atoms with Crippen LogP contribution in [-0.2, 0) is 5.41 Å². The smallest absolute Gasteiger partial charge is 0.180 e. The zero-order chi connectivity index (χ0) is 46.2. The van der Waals surface area contributed by atoms with Crippen LogP contribution in [0.15, 0.2) is 277 Å². The van der Waals surface area contributed by atoms with E-state index in [4.69, 9.17) is 4.42 Å². The number of hydrogen-bond acceptors (Lipinski definition) is 2. The van der Waals surface area contributed by atoms with Crippen LogP contribution in [0, 0.1) is 0 Å². The number of para-hydroxylation sites is 1. The van der Waals surface area contributed by atoms with Crippen LogP contribution in [0.4, 0.5) is 17.1 Å². The van der Waals surface area contributed by atoms with Crippen molar-refractivity contribution >= 4 is 67.8 Å². The second-order valence-electron chi connectivity index (χ2n) is 18.7. The van der Waals surface area contributed by atoms with Crippen molar-refractivity contribution in [1.29, 1.82) is 0 Å². The minimum Gasteiger partial charge on any atom is -0.456 e. The third-order valence-electron chi connectivity index (χ3n) is 15.2. The van der Waals surface area contributed by atoms with Gasteiger partial charge in [-0.3, -0.25) is 0 Å². The summed E-state index contributed by atoms with van der Waals surface area (Å²) in [4.78, 5) is 2.47. The van der Waals surface area contributed by atoms with E-state index < -0.39 is 13.5 Å². The van der Waals surface area contributed by atoms with Gasteiger partial charge < -0.3 is 9.32 Å². The monoisotopic (exact) mass is 907 g/mol. The predicted molar refractivity (Wildman–Crippen MR) is 294 cm³/mol. The molecule has 1 aliphatic carbocycles. The highest BCUT2D eigenvalue weighted by molar-refractivity contribution is 7.22. The second-order valence-corrected chi connectivity index (χ2v) is 22.4. The van der Waals surface area contributed by atoms with Crippen LogP contribution in [0.2, 0.25) is 0 Å². The Labute approximate surface area is 409 Å². The fraction of sp³-hybridized carbons (Fsp3) is 0.0149. The lowest BCUT2D eigenvalue weighted by Crippen LogP contribution is -2.72. The molecule has 0 bridgehead atoms. The van der Waals surface area contributed by atoms with Gasteiger partial charge in [-0.1, -0.05) is 224 Å². The van der Waals surface area contributed by atoms with E-state index in [2.05, 4.69) is 272 Å². The third-order valence-corrected chi connectivity index (χ3v) is 20.1. The summed E-state index contributed by atoms with van der Waals surface area (Å²) < 4.78 is 6.66. The van der Waals surface area contributed by atoms with Crippen molar-refractivity contribution in [1.82, 2.24) is 0 Å². The van der Waals surface area contributed by atoms with Crippen molar-refractivity contribution in [3.05, 3.63) is 295 Å². The van der Waals surface area contributed by atoms with Crippen molar-refractivity contribution in [3.63, 3.8) is 0 Å². The Kier molecular flexibility index (Phi) is 9.17. The quantitative estimate of drug-likeness (QED) is 0.141. The van der Waals surface area contributed by atoms with Crippen LogP contribution in [0.5, 0.6) is 0 Å². The first-order valence-electron chi connectivity index (χ1n) is 24.2. The van der Waals surface area contributed by atoms with Crippen LogP contribution in [0.1, 0.15) is 22.3 Å². The maximum absolute atomic E-state index is 6.66. The van der Waals surface area contributed by atoms with Gasteiger partial charge in [-0.25, -0.2) is 0 Å². The zero-order valence-corrected chi connectivity index (χ0v) is 39.3. The van der Waals surface area contributed by atoms with E-state index in [1.807, 2.05) is 6.07 Å². The second kappa shape index (κ2) is 15.9. The fourth-order valence-electron chi connectivity index (χ4n) is 12.4. The Morgan fingerprint density at radius 3 is 1.66 bits per heavy atom. The number of fused-ring (bicyclic) bond motifs is 9. The predicted octanol–water partition coefficient (Wildman–Crippen LogP) is 14.4. The van der Waals surface area contributed by atoms with Crippen molar-refractivity contribution < 1.29 is 4.42 Å². The number of benzene rings is 11. The molecule has 0 spiro atoms. The van der Waals surface area contributed by atoms with Gasteiger partial charge in [-0.2, -0.15) is 0 Å². The molecule has 328 valence electrons. The molecule has 0 saturated carbocycles. The molecule has 0 saturated heterocycles. The van der Waals surface area contributed by atoms with E-state index in [0.717, 1.165) is 39.0 Å². The Balaban J connectivity index is 1.05. The molecule has 0 fully saturated rings. The molecule has 2 nitrogen and oxygen atoms in total. The molecule has 14 rings (SSSR count). The largest absolute Gasteiger partial charge is 0.456 e. The SMILES string of the molecule is c1ccc(-c2cccc3c2-c2ccccc2[Si]3(c2ccccc2)c2cccc(N(c3ccc4c(c3)C(c3ccccc3)(c3ccccc3)c3ccccc3-4)c3ccc4c(c3)oc3ccccc34)c2)cc1. The molecule has 0 N–H and O–H groups in total. The zero-order valence-electron chi connectivity index (χ0n) is 38.3.